The van der Waals surface area contributed by atoms with E-state index in [0.29, 0.717) is 42.6 Å². The number of pyridine rings is 1. The molecule has 0 bridgehead atoms. The largest absolute Gasteiger partial charge is 0.490 e. The Bertz CT molecular complexity index is 1270. The van der Waals surface area contributed by atoms with Crippen molar-refractivity contribution in [2.75, 3.05) is 51.0 Å². The summed E-state index contributed by atoms with van der Waals surface area (Å²) in [5.74, 6) is 0.187. The van der Waals surface area contributed by atoms with Crippen molar-refractivity contribution >= 4 is 11.6 Å². The van der Waals surface area contributed by atoms with Crippen molar-refractivity contribution in [3.8, 4) is 5.75 Å². The molecule has 0 unspecified atom stereocenters. The number of rotatable bonds is 9. The van der Waals surface area contributed by atoms with Gasteiger partial charge in [0.25, 0.3) is 5.56 Å². The van der Waals surface area contributed by atoms with Gasteiger partial charge in [0.2, 0.25) is 5.91 Å². The zero-order chi connectivity index (χ0) is 28.4. The number of aromatic amines is 1. The van der Waals surface area contributed by atoms with E-state index in [1.807, 2.05) is 32.9 Å². The molecule has 0 spiro atoms. The molecule has 2 saturated heterocycles. The lowest BCUT2D eigenvalue weighted by Gasteiger charge is -2.44. The van der Waals surface area contributed by atoms with E-state index in [0.717, 1.165) is 86.6 Å². The van der Waals surface area contributed by atoms with Crippen LogP contribution in [0.25, 0.3) is 0 Å². The average Bonchev–Trinajstić information content (AvgIpc) is 2.91. The summed E-state index contributed by atoms with van der Waals surface area (Å²) in [5, 5.41) is 0. The molecule has 2 aliphatic heterocycles. The SMILES string of the molecule is CCN(c1c(C)c(C(N)=O)cc(O[C@H]2C[C@H](N3CCOCC3)C2)c1Cc1c(C)cc(C)[nH]c1=O)C1CCOCC1. The van der Waals surface area contributed by atoms with Crippen molar-refractivity contribution in [3.63, 3.8) is 0 Å². The highest BCUT2D eigenvalue weighted by Crippen LogP contribution is 2.41. The van der Waals surface area contributed by atoms with Crippen LogP contribution in [-0.4, -0.2) is 80.0 Å². The number of nitrogens with two attached hydrogens (primary N) is 1. The summed E-state index contributed by atoms with van der Waals surface area (Å²) in [6, 6.07) is 4.57. The van der Waals surface area contributed by atoms with E-state index >= 15 is 0 Å². The number of primary amides is 1. The van der Waals surface area contributed by atoms with E-state index < -0.39 is 5.91 Å². The Hall–Kier alpha value is -2.88. The van der Waals surface area contributed by atoms with Crippen LogP contribution in [0.2, 0.25) is 0 Å². The number of amides is 1. The van der Waals surface area contributed by atoms with Gasteiger partial charge in [-0.25, -0.2) is 0 Å². The third-order valence-corrected chi connectivity index (χ3v) is 8.92. The van der Waals surface area contributed by atoms with Gasteiger partial charge in [0.1, 0.15) is 11.9 Å². The Morgan fingerprint density at radius 1 is 1.07 bits per heavy atom. The molecule has 9 heteroatoms. The van der Waals surface area contributed by atoms with Crippen LogP contribution in [0.3, 0.4) is 0 Å². The molecule has 5 rings (SSSR count). The predicted molar refractivity (Wildman–Crippen MR) is 156 cm³/mol. The number of anilines is 1. The summed E-state index contributed by atoms with van der Waals surface area (Å²) >= 11 is 0. The van der Waals surface area contributed by atoms with Crippen LogP contribution in [-0.2, 0) is 15.9 Å². The first-order valence-corrected chi connectivity index (χ1v) is 14.7. The van der Waals surface area contributed by atoms with Gasteiger partial charge in [0.05, 0.1) is 13.2 Å². The fourth-order valence-corrected chi connectivity index (χ4v) is 6.65. The number of nitrogens with zero attached hydrogens (tertiary/aromatic N) is 2. The Labute approximate surface area is 237 Å². The number of hydrogen-bond donors (Lipinski definition) is 2. The van der Waals surface area contributed by atoms with Gasteiger partial charge in [0.15, 0.2) is 0 Å². The molecule has 1 amide bonds. The number of H-pyrrole nitrogens is 1. The van der Waals surface area contributed by atoms with E-state index in [2.05, 4.69) is 21.7 Å². The topological polar surface area (TPSA) is 110 Å². The Kier molecular flexibility index (Phi) is 8.83. The zero-order valence-electron chi connectivity index (χ0n) is 24.4. The number of carbonyl (C=O) groups is 1. The van der Waals surface area contributed by atoms with E-state index in [-0.39, 0.29) is 17.7 Å². The van der Waals surface area contributed by atoms with Gasteiger partial charge >= 0.3 is 0 Å². The van der Waals surface area contributed by atoms with Gasteiger partial charge in [-0.05, 0) is 63.8 Å². The number of benzene rings is 1. The summed E-state index contributed by atoms with van der Waals surface area (Å²) < 4.78 is 17.9. The third-order valence-electron chi connectivity index (χ3n) is 8.92. The molecule has 3 N–H and O–H groups in total. The molecule has 0 atom stereocenters. The van der Waals surface area contributed by atoms with Crippen molar-refractivity contribution in [1.82, 2.24) is 9.88 Å². The fourth-order valence-electron chi connectivity index (χ4n) is 6.65. The summed E-state index contributed by atoms with van der Waals surface area (Å²) in [7, 11) is 0. The van der Waals surface area contributed by atoms with Crippen molar-refractivity contribution < 1.29 is 19.0 Å². The molecule has 218 valence electrons. The lowest BCUT2D eigenvalue weighted by Crippen LogP contribution is -2.52. The van der Waals surface area contributed by atoms with Gasteiger partial charge < -0.3 is 29.8 Å². The number of ether oxygens (including phenoxy) is 3. The predicted octanol–water partition coefficient (Wildman–Crippen LogP) is 3.24. The Morgan fingerprint density at radius 2 is 1.75 bits per heavy atom. The molecule has 1 aromatic heterocycles. The molecule has 0 radical (unpaired) electrons. The van der Waals surface area contributed by atoms with Crippen LogP contribution in [0.5, 0.6) is 5.75 Å². The normalized spacial score (nSPS) is 22.1. The molecule has 3 aliphatic rings. The lowest BCUT2D eigenvalue weighted by atomic mass is 9.87. The van der Waals surface area contributed by atoms with Crippen LogP contribution < -0.4 is 20.9 Å². The maximum absolute atomic E-state index is 13.2. The standard InChI is InChI=1S/C31H44N4O5/c1-5-35(22-6-10-38-11-7-22)29-21(4)26(30(32)36)18-28(27(29)17-25-19(2)14-20(3)33-31(25)37)40-24-15-23(16-24)34-8-12-39-13-9-34/h14,18,22-24H,5-13,15-17H2,1-4H3,(H2,32,36)(H,33,37)/t23-,24-. The molecule has 9 nitrogen and oxygen atoms in total. The van der Waals surface area contributed by atoms with E-state index in [4.69, 9.17) is 19.9 Å². The minimum Gasteiger partial charge on any atom is -0.490 e. The van der Waals surface area contributed by atoms with E-state index in [9.17, 15) is 9.59 Å². The second-order valence-electron chi connectivity index (χ2n) is 11.5. The number of nitrogens with one attached hydrogen (secondary N) is 1. The summed E-state index contributed by atoms with van der Waals surface area (Å²) in [5.41, 5.74) is 11.6. The van der Waals surface area contributed by atoms with Crippen molar-refractivity contribution in [3.05, 3.63) is 56.0 Å². The smallest absolute Gasteiger partial charge is 0.251 e. The van der Waals surface area contributed by atoms with Crippen LogP contribution in [0, 0.1) is 20.8 Å². The molecule has 1 saturated carbocycles. The minimum atomic E-state index is -0.470. The molecular weight excluding hydrogens is 508 g/mol. The first-order valence-electron chi connectivity index (χ1n) is 14.7. The van der Waals surface area contributed by atoms with Gasteiger partial charge in [-0.15, -0.1) is 0 Å². The summed E-state index contributed by atoms with van der Waals surface area (Å²) in [6.45, 7) is 13.6. The van der Waals surface area contributed by atoms with Crippen LogP contribution in [0.4, 0.5) is 5.69 Å². The number of aromatic nitrogens is 1. The maximum Gasteiger partial charge on any atom is 0.251 e. The number of morpholine rings is 1. The second-order valence-corrected chi connectivity index (χ2v) is 11.5. The van der Waals surface area contributed by atoms with Crippen LogP contribution in [0.15, 0.2) is 16.9 Å². The first kappa shape index (κ1) is 28.6. The Morgan fingerprint density at radius 3 is 2.38 bits per heavy atom. The monoisotopic (exact) mass is 552 g/mol. The van der Waals surface area contributed by atoms with Crippen molar-refractivity contribution in [2.45, 2.75) is 78.0 Å². The summed E-state index contributed by atoms with van der Waals surface area (Å²) in [4.78, 5) is 33.7. The average molecular weight is 553 g/mol. The quantitative estimate of drug-likeness (QED) is 0.492. The highest BCUT2D eigenvalue weighted by Gasteiger charge is 2.37. The van der Waals surface area contributed by atoms with Crippen molar-refractivity contribution in [1.29, 1.82) is 0 Å². The van der Waals surface area contributed by atoms with Gasteiger partial charge in [0, 0.05) is 92.3 Å². The zero-order valence-corrected chi connectivity index (χ0v) is 24.4. The van der Waals surface area contributed by atoms with Gasteiger partial charge in [-0.3, -0.25) is 14.5 Å². The lowest BCUT2D eigenvalue weighted by molar-refractivity contribution is -0.0375. The molecule has 40 heavy (non-hydrogen) atoms. The highest BCUT2D eigenvalue weighted by atomic mass is 16.5. The van der Waals surface area contributed by atoms with Gasteiger partial charge in [-0.2, -0.15) is 0 Å². The minimum absolute atomic E-state index is 0.0402. The molecule has 1 aromatic carbocycles. The third kappa shape index (κ3) is 5.92. The summed E-state index contributed by atoms with van der Waals surface area (Å²) in [6.07, 6.45) is 4.10. The highest BCUT2D eigenvalue weighted by molar-refractivity contribution is 5.97. The van der Waals surface area contributed by atoms with Gasteiger partial charge in [-0.1, -0.05) is 0 Å². The second kappa shape index (κ2) is 12.3. The van der Waals surface area contributed by atoms with E-state index in [1.54, 1.807) is 0 Å². The van der Waals surface area contributed by atoms with Crippen LogP contribution >= 0.6 is 0 Å². The number of hydrogen-bond acceptors (Lipinski definition) is 7. The van der Waals surface area contributed by atoms with Crippen LogP contribution in [0.1, 0.15) is 70.9 Å². The number of aryl methyl sites for hydroxylation is 2. The Balaban J connectivity index is 1.57. The fraction of sp³-hybridized carbons (Fsp3) is 0.613. The number of carbonyl (C=O) groups excluding carboxylic acids is 1. The molecule has 3 fully saturated rings. The molecule has 1 aliphatic carbocycles. The first-order chi connectivity index (χ1) is 19.3. The maximum atomic E-state index is 13.2. The molecule has 2 aromatic rings. The van der Waals surface area contributed by atoms with E-state index in [1.165, 1.54) is 0 Å². The van der Waals surface area contributed by atoms with Crippen molar-refractivity contribution in [2.24, 2.45) is 5.73 Å². The molecule has 3 heterocycles. The molecular formula is C31H44N4O5.